The van der Waals surface area contributed by atoms with Crippen LogP contribution in [0.2, 0.25) is 0 Å². The summed E-state index contributed by atoms with van der Waals surface area (Å²) >= 11 is 0. The molecule has 1 aromatic heterocycles. The van der Waals surface area contributed by atoms with Crippen LogP contribution in [0.15, 0.2) is 24.3 Å². The third-order valence-electron chi connectivity index (χ3n) is 4.79. The molecule has 0 fully saturated rings. The zero-order valence-electron chi connectivity index (χ0n) is 14.5. The van der Waals surface area contributed by atoms with E-state index in [-0.39, 0.29) is 18.2 Å². The second-order valence-corrected chi connectivity index (χ2v) is 6.47. The van der Waals surface area contributed by atoms with Crippen molar-refractivity contribution in [2.45, 2.75) is 32.0 Å². The SMILES string of the molecule is COc1cccc2c1NC(=O)C[C@@H]2C(=O)NCc1cc2n(n1)CCNC2. The first-order valence-corrected chi connectivity index (χ1v) is 8.66. The summed E-state index contributed by atoms with van der Waals surface area (Å²) in [5.74, 6) is -0.348. The zero-order chi connectivity index (χ0) is 18.1. The van der Waals surface area contributed by atoms with Crippen LogP contribution in [0.1, 0.15) is 29.3 Å². The van der Waals surface area contributed by atoms with Gasteiger partial charge in [-0.25, -0.2) is 0 Å². The van der Waals surface area contributed by atoms with E-state index in [1.54, 1.807) is 13.2 Å². The lowest BCUT2D eigenvalue weighted by Gasteiger charge is -2.26. The second kappa shape index (κ2) is 6.80. The van der Waals surface area contributed by atoms with Crippen LogP contribution in [-0.2, 0) is 29.2 Å². The van der Waals surface area contributed by atoms with Gasteiger partial charge in [-0.1, -0.05) is 12.1 Å². The minimum atomic E-state index is -0.534. The monoisotopic (exact) mass is 355 g/mol. The number of anilines is 1. The van der Waals surface area contributed by atoms with Gasteiger partial charge in [0.15, 0.2) is 0 Å². The number of para-hydroxylation sites is 1. The van der Waals surface area contributed by atoms with Gasteiger partial charge >= 0.3 is 0 Å². The molecule has 3 N–H and O–H groups in total. The third-order valence-corrected chi connectivity index (χ3v) is 4.79. The smallest absolute Gasteiger partial charge is 0.228 e. The number of ether oxygens (including phenoxy) is 1. The Labute approximate surface area is 150 Å². The Bertz CT molecular complexity index is 837. The van der Waals surface area contributed by atoms with Gasteiger partial charge in [0.2, 0.25) is 11.8 Å². The number of rotatable bonds is 4. The Morgan fingerprint density at radius 1 is 1.46 bits per heavy atom. The first kappa shape index (κ1) is 16.6. The number of nitrogens with one attached hydrogen (secondary N) is 3. The van der Waals surface area contributed by atoms with Crippen LogP contribution < -0.4 is 20.7 Å². The average Bonchev–Trinajstić information content (AvgIpc) is 3.08. The Hall–Kier alpha value is -2.87. The minimum Gasteiger partial charge on any atom is -0.495 e. The topological polar surface area (TPSA) is 97.3 Å². The van der Waals surface area contributed by atoms with Crippen LogP contribution in [-0.4, -0.2) is 35.2 Å². The molecule has 8 heteroatoms. The summed E-state index contributed by atoms with van der Waals surface area (Å²) in [5, 5.41) is 13.5. The predicted molar refractivity (Wildman–Crippen MR) is 94.8 cm³/mol. The van der Waals surface area contributed by atoms with E-state index in [0.29, 0.717) is 18.0 Å². The van der Waals surface area contributed by atoms with Crippen molar-refractivity contribution >= 4 is 17.5 Å². The standard InChI is InChI=1S/C18H21N5O3/c1-26-15-4-2-3-13-14(8-16(24)21-17(13)15)18(25)20-9-11-7-12-10-19-5-6-23(12)22-11/h2-4,7,14,19H,5-6,8-10H2,1H3,(H,20,25)(H,21,24)/t14-/m0/s1. The fourth-order valence-corrected chi connectivity index (χ4v) is 3.50. The molecule has 2 aromatic rings. The van der Waals surface area contributed by atoms with Gasteiger partial charge in [-0.15, -0.1) is 0 Å². The van der Waals surface area contributed by atoms with Crippen molar-refractivity contribution in [1.29, 1.82) is 0 Å². The third kappa shape index (κ3) is 3.03. The van der Waals surface area contributed by atoms with E-state index in [1.807, 2.05) is 22.9 Å². The van der Waals surface area contributed by atoms with Crippen LogP contribution in [0.3, 0.4) is 0 Å². The summed E-state index contributed by atoms with van der Waals surface area (Å²) < 4.78 is 7.26. The van der Waals surface area contributed by atoms with Crippen LogP contribution in [0.4, 0.5) is 5.69 Å². The molecule has 0 radical (unpaired) electrons. The van der Waals surface area contributed by atoms with Gasteiger partial charge in [-0.2, -0.15) is 5.10 Å². The first-order valence-electron chi connectivity index (χ1n) is 8.66. The van der Waals surface area contributed by atoms with E-state index in [0.717, 1.165) is 36.6 Å². The van der Waals surface area contributed by atoms with Gasteiger partial charge in [0.25, 0.3) is 0 Å². The number of carbonyl (C=O) groups is 2. The van der Waals surface area contributed by atoms with E-state index in [4.69, 9.17) is 4.74 Å². The molecule has 26 heavy (non-hydrogen) atoms. The van der Waals surface area contributed by atoms with Gasteiger partial charge < -0.3 is 20.7 Å². The van der Waals surface area contributed by atoms with Gasteiger partial charge in [0, 0.05) is 19.5 Å². The molecule has 136 valence electrons. The van der Waals surface area contributed by atoms with Gasteiger partial charge in [-0.3, -0.25) is 14.3 Å². The van der Waals surface area contributed by atoms with E-state index >= 15 is 0 Å². The minimum absolute atomic E-state index is 0.121. The van der Waals surface area contributed by atoms with Crippen LogP contribution in [0.25, 0.3) is 0 Å². The number of carbonyl (C=O) groups excluding carboxylic acids is 2. The molecule has 8 nitrogen and oxygen atoms in total. The number of nitrogens with zero attached hydrogens (tertiary/aromatic N) is 2. The number of fused-ring (bicyclic) bond motifs is 2. The molecule has 0 saturated carbocycles. The summed E-state index contributed by atoms with van der Waals surface area (Å²) in [6.45, 7) is 2.86. The highest BCUT2D eigenvalue weighted by molar-refractivity contribution is 6.02. The molecule has 0 aliphatic carbocycles. The Morgan fingerprint density at radius 2 is 2.35 bits per heavy atom. The molecule has 4 rings (SSSR count). The second-order valence-electron chi connectivity index (χ2n) is 6.47. The maximum absolute atomic E-state index is 12.7. The van der Waals surface area contributed by atoms with Gasteiger partial charge in [-0.05, 0) is 17.7 Å². The summed E-state index contributed by atoms with van der Waals surface area (Å²) in [6.07, 6.45) is 0.121. The zero-order valence-corrected chi connectivity index (χ0v) is 14.5. The lowest BCUT2D eigenvalue weighted by Crippen LogP contribution is -2.35. The van der Waals surface area contributed by atoms with Crippen molar-refractivity contribution in [3.05, 3.63) is 41.2 Å². The number of methoxy groups -OCH3 is 1. The van der Waals surface area contributed by atoms with E-state index in [9.17, 15) is 9.59 Å². The maximum Gasteiger partial charge on any atom is 0.228 e. The molecule has 0 spiro atoms. The molecule has 1 atom stereocenters. The largest absolute Gasteiger partial charge is 0.495 e. The van der Waals surface area contributed by atoms with Gasteiger partial charge in [0.1, 0.15) is 5.75 Å². The average molecular weight is 355 g/mol. The first-order chi connectivity index (χ1) is 12.7. The Morgan fingerprint density at radius 3 is 3.15 bits per heavy atom. The van der Waals surface area contributed by atoms with Crippen LogP contribution in [0.5, 0.6) is 5.75 Å². The van der Waals surface area contributed by atoms with Crippen molar-refractivity contribution in [3.63, 3.8) is 0 Å². The molecular weight excluding hydrogens is 334 g/mol. The fraction of sp³-hybridized carbons (Fsp3) is 0.389. The summed E-state index contributed by atoms with van der Waals surface area (Å²) in [7, 11) is 1.54. The molecule has 1 aromatic carbocycles. The summed E-state index contributed by atoms with van der Waals surface area (Å²) in [5.41, 5.74) is 3.29. The van der Waals surface area contributed by atoms with E-state index in [2.05, 4.69) is 21.0 Å². The number of amides is 2. The highest BCUT2D eigenvalue weighted by Gasteiger charge is 2.32. The number of benzene rings is 1. The molecule has 2 aliphatic heterocycles. The van der Waals surface area contributed by atoms with Crippen molar-refractivity contribution in [2.24, 2.45) is 0 Å². The quantitative estimate of drug-likeness (QED) is 0.751. The maximum atomic E-state index is 12.7. The van der Waals surface area contributed by atoms with Crippen molar-refractivity contribution < 1.29 is 14.3 Å². The molecule has 3 heterocycles. The van der Waals surface area contributed by atoms with E-state index in [1.165, 1.54) is 0 Å². The Kier molecular flexibility index (Phi) is 4.34. The number of hydrogen-bond donors (Lipinski definition) is 3. The Balaban J connectivity index is 1.50. The lowest BCUT2D eigenvalue weighted by atomic mass is 9.89. The summed E-state index contributed by atoms with van der Waals surface area (Å²) in [6, 6.07) is 7.44. The van der Waals surface area contributed by atoms with E-state index < -0.39 is 5.92 Å². The molecule has 0 bridgehead atoms. The highest BCUT2D eigenvalue weighted by atomic mass is 16.5. The number of hydrogen-bond acceptors (Lipinski definition) is 5. The van der Waals surface area contributed by atoms with Crippen LogP contribution in [0, 0.1) is 0 Å². The fourth-order valence-electron chi connectivity index (χ4n) is 3.50. The lowest BCUT2D eigenvalue weighted by molar-refractivity contribution is -0.126. The van der Waals surface area contributed by atoms with Crippen molar-refractivity contribution in [1.82, 2.24) is 20.4 Å². The molecule has 0 unspecified atom stereocenters. The van der Waals surface area contributed by atoms with Gasteiger partial charge in [0.05, 0.1) is 43.2 Å². The normalized spacial score (nSPS) is 18.5. The predicted octanol–water partition coefficient (Wildman–Crippen LogP) is 0.737. The number of aromatic nitrogens is 2. The van der Waals surface area contributed by atoms with Crippen LogP contribution >= 0.6 is 0 Å². The molecule has 0 saturated heterocycles. The van der Waals surface area contributed by atoms with Crippen molar-refractivity contribution in [2.75, 3.05) is 19.0 Å². The van der Waals surface area contributed by atoms with Crippen molar-refractivity contribution in [3.8, 4) is 5.75 Å². The molecule has 2 amide bonds. The molecular formula is C18H21N5O3. The highest BCUT2D eigenvalue weighted by Crippen LogP contribution is 2.38. The summed E-state index contributed by atoms with van der Waals surface area (Å²) in [4.78, 5) is 24.8. The molecule has 2 aliphatic rings.